The van der Waals surface area contributed by atoms with E-state index in [-0.39, 0.29) is 11.4 Å². The van der Waals surface area contributed by atoms with Crippen molar-refractivity contribution in [3.8, 4) is 0 Å². The molecule has 0 aliphatic heterocycles. The average molecular weight is 320 g/mol. The van der Waals surface area contributed by atoms with E-state index in [0.717, 1.165) is 0 Å². The lowest BCUT2D eigenvalue weighted by molar-refractivity contribution is 0.0541. The van der Waals surface area contributed by atoms with E-state index in [9.17, 15) is 13.6 Å². The van der Waals surface area contributed by atoms with Gasteiger partial charge in [0.15, 0.2) is 5.65 Å². The summed E-state index contributed by atoms with van der Waals surface area (Å²) in [6.45, 7) is 2.04. The Bertz CT molecular complexity index is 898. The van der Waals surface area contributed by atoms with Crippen LogP contribution in [0.25, 0.3) is 5.65 Å². The van der Waals surface area contributed by atoms with Crippen LogP contribution in [0.5, 0.6) is 0 Å². The van der Waals surface area contributed by atoms with Crippen LogP contribution in [-0.2, 0) is 0 Å². The molecule has 0 bridgehead atoms. The molecule has 0 spiro atoms. The molecule has 1 N–H and O–H groups in total. The lowest BCUT2D eigenvalue weighted by atomic mass is 10.2. The van der Waals surface area contributed by atoms with Crippen LogP contribution in [-0.4, -0.2) is 30.3 Å². The zero-order chi connectivity index (χ0) is 16.7. The van der Waals surface area contributed by atoms with E-state index < -0.39 is 12.5 Å². The van der Waals surface area contributed by atoms with Gasteiger partial charge in [0, 0.05) is 6.20 Å². The molecule has 0 saturated carbocycles. The van der Waals surface area contributed by atoms with Gasteiger partial charge in [-0.15, -0.1) is 10.2 Å². The van der Waals surface area contributed by atoms with Crippen LogP contribution in [0.3, 0.4) is 0 Å². The fraction of sp³-hybridized carbons (Fsp3) is 0.286. The molecule has 0 aliphatic carbocycles. The molecule has 0 aromatic carbocycles. The van der Waals surface area contributed by atoms with Crippen molar-refractivity contribution in [3.63, 3.8) is 0 Å². The number of halogens is 2. The fourth-order valence-corrected chi connectivity index (χ4v) is 2.42. The number of aromatic nitrogens is 5. The highest BCUT2D eigenvalue weighted by atomic mass is 19.3. The van der Waals surface area contributed by atoms with Gasteiger partial charge in [-0.1, -0.05) is 0 Å². The third-order valence-electron chi connectivity index (χ3n) is 3.60. The zero-order valence-corrected chi connectivity index (χ0v) is 12.7. The van der Waals surface area contributed by atoms with Gasteiger partial charge in [0.25, 0.3) is 5.91 Å². The first kappa shape index (κ1) is 15.1. The molecular formula is C14H14F2N6O. The van der Waals surface area contributed by atoms with Crippen LogP contribution in [0.15, 0.2) is 18.3 Å². The first-order valence-electron chi connectivity index (χ1n) is 6.85. The number of carbonyl (C=O) groups is 1. The van der Waals surface area contributed by atoms with Crippen LogP contribution in [0.4, 0.5) is 14.5 Å². The number of hydrogen-bond acceptors (Lipinski definition) is 4. The molecule has 120 valence electrons. The number of amides is 1. The second-order valence-corrected chi connectivity index (χ2v) is 5.08. The molecule has 3 heterocycles. The Hall–Kier alpha value is -2.84. The van der Waals surface area contributed by atoms with Crippen molar-refractivity contribution in [2.75, 3.05) is 5.32 Å². The van der Waals surface area contributed by atoms with Crippen molar-refractivity contribution in [1.82, 2.24) is 24.4 Å². The highest BCUT2D eigenvalue weighted by Gasteiger charge is 2.21. The predicted molar refractivity (Wildman–Crippen MR) is 78.6 cm³/mol. The van der Waals surface area contributed by atoms with Crippen molar-refractivity contribution in [2.45, 2.75) is 27.3 Å². The lowest BCUT2D eigenvalue weighted by Gasteiger charge is -2.07. The number of fused-ring (bicyclic) bond motifs is 1. The molecule has 0 fully saturated rings. The molecule has 0 atom stereocenters. The maximum Gasteiger partial charge on any atom is 0.333 e. The van der Waals surface area contributed by atoms with E-state index in [4.69, 9.17) is 0 Å². The van der Waals surface area contributed by atoms with Crippen molar-refractivity contribution in [1.29, 1.82) is 0 Å². The molecule has 23 heavy (non-hydrogen) atoms. The van der Waals surface area contributed by atoms with Crippen LogP contribution < -0.4 is 5.32 Å². The summed E-state index contributed by atoms with van der Waals surface area (Å²) in [7, 11) is 0. The first-order valence-corrected chi connectivity index (χ1v) is 6.85. The molecule has 0 aliphatic rings. The summed E-state index contributed by atoms with van der Waals surface area (Å²) in [5.74, 6) is 0.190. The molecular weight excluding hydrogens is 306 g/mol. The molecule has 0 saturated heterocycles. The minimum Gasteiger partial charge on any atom is -0.319 e. The SMILES string of the molecule is Cc1nn(C(F)F)c(C)c1NC(=O)c1cccn2c(C)nnc12. The van der Waals surface area contributed by atoms with E-state index >= 15 is 0 Å². The summed E-state index contributed by atoms with van der Waals surface area (Å²) in [5, 5.41) is 14.3. The number of nitrogens with zero attached hydrogens (tertiary/aromatic N) is 5. The molecule has 0 radical (unpaired) electrons. The maximum absolute atomic E-state index is 12.9. The van der Waals surface area contributed by atoms with Crippen LogP contribution >= 0.6 is 0 Å². The highest BCUT2D eigenvalue weighted by molar-refractivity contribution is 6.08. The van der Waals surface area contributed by atoms with E-state index in [1.165, 1.54) is 6.92 Å². The largest absolute Gasteiger partial charge is 0.333 e. The van der Waals surface area contributed by atoms with Crippen LogP contribution in [0, 0.1) is 20.8 Å². The van der Waals surface area contributed by atoms with Crippen LogP contribution in [0.1, 0.15) is 34.1 Å². The molecule has 3 rings (SSSR count). The first-order chi connectivity index (χ1) is 10.9. The summed E-state index contributed by atoms with van der Waals surface area (Å²) in [6, 6.07) is 3.29. The summed E-state index contributed by atoms with van der Waals surface area (Å²) < 4.78 is 28.0. The Balaban J connectivity index is 1.99. The Labute approximate surface area is 129 Å². The van der Waals surface area contributed by atoms with Crippen molar-refractivity contribution < 1.29 is 13.6 Å². The highest BCUT2D eigenvalue weighted by Crippen LogP contribution is 2.24. The predicted octanol–water partition coefficient (Wildman–Crippen LogP) is 2.50. The van der Waals surface area contributed by atoms with Crippen molar-refractivity contribution >= 4 is 17.2 Å². The quantitative estimate of drug-likeness (QED) is 0.804. The topological polar surface area (TPSA) is 77.1 Å². The monoisotopic (exact) mass is 320 g/mol. The minimum absolute atomic E-state index is 0.190. The summed E-state index contributed by atoms with van der Waals surface area (Å²) in [6.07, 6.45) is 1.74. The third kappa shape index (κ3) is 2.43. The van der Waals surface area contributed by atoms with Gasteiger partial charge in [-0.3, -0.25) is 9.20 Å². The smallest absolute Gasteiger partial charge is 0.319 e. The second-order valence-electron chi connectivity index (χ2n) is 5.08. The standard InChI is InChI=1S/C14H14F2N6O/c1-7-11(8(2)22(20-7)14(15)16)17-13(23)10-5-4-6-21-9(3)18-19-12(10)21/h4-6,14H,1-3H3,(H,17,23). The summed E-state index contributed by atoms with van der Waals surface area (Å²) in [4.78, 5) is 12.5. The normalized spacial score (nSPS) is 11.4. The molecule has 0 unspecified atom stereocenters. The van der Waals surface area contributed by atoms with Gasteiger partial charge in [-0.05, 0) is 32.9 Å². The van der Waals surface area contributed by atoms with E-state index in [0.29, 0.717) is 27.4 Å². The van der Waals surface area contributed by atoms with Gasteiger partial charge >= 0.3 is 6.55 Å². The maximum atomic E-state index is 12.9. The number of aryl methyl sites for hydroxylation is 2. The second kappa shape index (κ2) is 5.41. The van der Waals surface area contributed by atoms with Gasteiger partial charge in [0.1, 0.15) is 5.82 Å². The van der Waals surface area contributed by atoms with E-state index in [2.05, 4.69) is 20.6 Å². The Kier molecular flexibility index (Phi) is 3.55. The molecule has 3 aromatic heterocycles. The fourth-order valence-electron chi connectivity index (χ4n) is 2.42. The van der Waals surface area contributed by atoms with E-state index in [1.807, 2.05) is 0 Å². The molecule has 7 nitrogen and oxygen atoms in total. The number of hydrogen-bond donors (Lipinski definition) is 1. The van der Waals surface area contributed by atoms with Gasteiger partial charge < -0.3 is 5.32 Å². The summed E-state index contributed by atoms with van der Waals surface area (Å²) >= 11 is 0. The van der Waals surface area contributed by atoms with Gasteiger partial charge in [-0.25, -0.2) is 4.68 Å². The molecule has 3 aromatic rings. The Morgan fingerprint density at radius 2 is 2.00 bits per heavy atom. The number of anilines is 1. The van der Waals surface area contributed by atoms with E-state index in [1.54, 1.807) is 36.6 Å². The van der Waals surface area contributed by atoms with Gasteiger partial charge in [0.2, 0.25) is 0 Å². The van der Waals surface area contributed by atoms with Crippen LogP contribution in [0.2, 0.25) is 0 Å². The molecule has 9 heteroatoms. The minimum atomic E-state index is -2.76. The summed E-state index contributed by atoms with van der Waals surface area (Å²) in [5.41, 5.74) is 1.49. The van der Waals surface area contributed by atoms with Gasteiger partial charge in [-0.2, -0.15) is 13.9 Å². The lowest BCUT2D eigenvalue weighted by Crippen LogP contribution is -2.15. The van der Waals surface area contributed by atoms with Gasteiger partial charge in [0.05, 0.1) is 22.6 Å². The number of nitrogens with one attached hydrogen (secondary N) is 1. The Morgan fingerprint density at radius 1 is 1.26 bits per heavy atom. The third-order valence-corrected chi connectivity index (χ3v) is 3.60. The Morgan fingerprint density at radius 3 is 2.65 bits per heavy atom. The average Bonchev–Trinajstić information content (AvgIpc) is 3.02. The number of pyridine rings is 1. The van der Waals surface area contributed by atoms with Crippen molar-refractivity contribution in [3.05, 3.63) is 41.1 Å². The number of alkyl halides is 2. The molecule has 1 amide bonds. The number of rotatable bonds is 3. The number of carbonyl (C=O) groups excluding carboxylic acids is 1. The van der Waals surface area contributed by atoms with Crippen molar-refractivity contribution in [2.24, 2.45) is 0 Å². The zero-order valence-electron chi connectivity index (χ0n) is 12.7.